The summed E-state index contributed by atoms with van der Waals surface area (Å²) < 4.78 is 5.65. The third-order valence-corrected chi connectivity index (χ3v) is 5.96. The summed E-state index contributed by atoms with van der Waals surface area (Å²) in [5.41, 5.74) is 2.46. The zero-order valence-electron chi connectivity index (χ0n) is 16.2. The Hall–Kier alpha value is -2.08. The summed E-state index contributed by atoms with van der Waals surface area (Å²) in [6, 6.07) is 8.24. The third kappa shape index (κ3) is 3.95. The van der Waals surface area contributed by atoms with Crippen LogP contribution in [0.15, 0.2) is 29.3 Å². The van der Waals surface area contributed by atoms with E-state index in [2.05, 4.69) is 29.3 Å². The van der Waals surface area contributed by atoms with Gasteiger partial charge in [-0.2, -0.15) is 0 Å². The fourth-order valence-electron chi connectivity index (χ4n) is 4.42. The molecule has 1 atom stereocenters. The van der Waals surface area contributed by atoms with Gasteiger partial charge in [0, 0.05) is 50.3 Å². The molecule has 1 N–H and O–H groups in total. The molecule has 0 aliphatic carbocycles. The van der Waals surface area contributed by atoms with Crippen molar-refractivity contribution < 1.29 is 9.53 Å². The van der Waals surface area contributed by atoms with E-state index in [4.69, 9.17) is 9.73 Å². The van der Waals surface area contributed by atoms with Gasteiger partial charge in [0.15, 0.2) is 5.96 Å². The van der Waals surface area contributed by atoms with E-state index in [0.717, 1.165) is 69.4 Å². The van der Waals surface area contributed by atoms with E-state index in [1.54, 1.807) is 0 Å². The maximum absolute atomic E-state index is 12.0. The lowest BCUT2D eigenvalue weighted by Gasteiger charge is -2.25. The van der Waals surface area contributed by atoms with Gasteiger partial charge >= 0.3 is 0 Å². The molecule has 0 saturated carbocycles. The van der Waals surface area contributed by atoms with Gasteiger partial charge in [-0.15, -0.1) is 0 Å². The van der Waals surface area contributed by atoms with Gasteiger partial charge in [0.1, 0.15) is 0 Å². The first-order valence-corrected chi connectivity index (χ1v) is 10.2. The molecule has 6 heteroatoms. The van der Waals surface area contributed by atoms with Gasteiger partial charge in [-0.25, -0.2) is 4.99 Å². The van der Waals surface area contributed by atoms with Crippen molar-refractivity contribution in [1.29, 1.82) is 0 Å². The lowest BCUT2D eigenvalue weighted by atomic mass is 9.87. The Morgan fingerprint density at radius 1 is 1.33 bits per heavy atom. The summed E-state index contributed by atoms with van der Waals surface area (Å²) in [6.07, 6.45) is 3.96. The number of rotatable bonds is 4. The van der Waals surface area contributed by atoms with Gasteiger partial charge in [-0.3, -0.25) is 4.79 Å². The molecular weight excluding hydrogens is 340 g/mol. The molecule has 27 heavy (non-hydrogen) atoms. The average Bonchev–Trinajstić information content (AvgIpc) is 3.42. The van der Waals surface area contributed by atoms with Crippen molar-refractivity contribution in [3.63, 3.8) is 0 Å². The fraction of sp³-hybridized carbons (Fsp3) is 0.619. The number of ether oxygens (including phenoxy) is 1. The van der Waals surface area contributed by atoms with Crippen LogP contribution in [-0.4, -0.2) is 56.2 Å². The largest absolute Gasteiger partial charge is 0.381 e. The molecule has 1 amide bonds. The van der Waals surface area contributed by atoms with E-state index >= 15 is 0 Å². The molecule has 4 rings (SSSR count). The van der Waals surface area contributed by atoms with Crippen LogP contribution in [0.3, 0.4) is 0 Å². The second-order valence-corrected chi connectivity index (χ2v) is 7.96. The average molecular weight is 370 g/mol. The standard InChI is InChI=1S/C21H30N4O2/c1-2-22-20(24-11-8-21(15-24)9-12-27-16-21)23-14-17-5-3-6-18(13-17)25-10-4-7-19(25)26/h3,5-6,13H,2,4,7-12,14-16H2,1H3,(H,22,23). The van der Waals surface area contributed by atoms with Crippen LogP contribution in [0, 0.1) is 5.41 Å². The maximum Gasteiger partial charge on any atom is 0.227 e. The van der Waals surface area contributed by atoms with Crippen molar-refractivity contribution in [3.8, 4) is 0 Å². The Morgan fingerprint density at radius 3 is 3.00 bits per heavy atom. The first-order chi connectivity index (χ1) is 13.2. The molecule has 1 aromatic rings. The highest BCUT2D eigenvalue weighted by molar-refractivity contribution is 5.95. The second kappa shape index (κ2) is 7.89. The number of carbonyl (C=O) groups excluding carboxylic acids is 1. The summed E-state index contributed by atoms with van der Waals surface area (Å²) in [4.78, 5) is 21.2. The Balaban J connectivity index is 1.45. The third-order valence-electron chi connectivity index (χ3n) is 5.96. The van der Waals surface area contributed by atoms with Crippen molar-refractivity contribution in [3.05, 3.63) is 29.8 Å². The van der Waals surface area contributed by atoms with Crippen LogP contribution >= 0.6 is 0 Å². The van der Waals surface area contributed by atoms with Crippen LogP contribution in [0.4, 0.5) is 5.69 Å². The van der Waals surface area contributed by atoms with E-state index < -0.39 is 0 Å². The van der Waals surface area contributed by atoms with E-state index in [1.807, 2.05) is 17.0 Å². The Labute approximate surface area is 161 Å². The first-order valence-electron chi connectivity index (χ1n) is 10.2. The number of hydrogen-bond donors (Lipinski definition) is 1. The summed E-state index contributed by atoms with van der Waals surface area (Å²) in [6.45, 7) is 8.27. The molecule has 1 unspecified atom stereocenters. The number of carbonyl (C=O) groups is 1. The van der Waals surface area contributed by atoms with Crippen LogP contribution in [0.2, 0.25) is 0 Å². The normalized spacial score (nSPS) is 25.8. The first kappa shape index (κ1) is 18.3. The Bertz CT molecular complexity index is 712. The minimum absolute atomic E-state index is 0.227. The lowest BCUT2D eigenvalue weighted by Crippen LogP contribution is -2.41. The topological polar surface area (TPSA) is 57.2 Å². The predicted molar refractivity (Wildman–Crippen MR) is 107 cm³/mol. The van der Waals surface area contributed by atoms with Gasteiger partial charge in [0.2, 0.25) is 5.91 Å². The highest BCUT2D eigenvalue weighted by Crippen LogP contribution is 2.38. The van der Waals surface area contributed by atoms with Crippen LogP contribution in [0.25, 0.3) is 0 Å². The number of nitrogens with one attached hydrogen (secondary N) is 1. The number of likely N-dealkylation sites (tertiary alicyclic amines) is 1. The summed E-state index contributed by atoms with van der Waals surface area (Å²) in [5.74, 6) is 1.22. The summed E-state index contributed by atoms with van der Waals surface area (Å²) in [5, 5.41) is 3.45. The molecule has 146 valence electrons. The summed E-state index contributed by atoms with van der Waals surface area (Å²) in [7, 11) is 0. The SMILES string of the molecule is CCNC(=NCc1cccc(N2CCCC2=O)c1)N1CCC2(CCOC2)C1. The number of hydrogen-bond acceptors (Lipinski definition) is 3. The molecule has 3 heterocycles. The quantitative estimate of drug-likeness (QED) is 0.653. The van der Waals surface area contributed by atoms with Crippen LogP contribution < -0.4 is 10.2 Å². The van der Waals surface area contributed by atoms with E-state index in [1.165, 1.54) is 6.42 Å². The summed E-state index contributed by atoms with van der Waals surface area (Å²) >= 11 is 0. The highest BCUT2D eigenvalue weighted by atomic mass is 16.5. The zero-order valence-corrected chi connectivity index (χ0v) is 16.2. The molecule has 0 bridgehead atoms. The number of aliphatic imine (C=N–C) groups is 1. The number of guanidine groups is 1. The number of anilines is 1. The minimum atomic E-state index is 0.227. The minimum Gasteiger partial charge on any atom is -0.381 e. The van der Waals surface area contributed by atoms with E-state index in [-0.39, 0.29) is 5.91 Å². The van der Waals surface area contributed by atoms with Crippen LogP contribution in [0.5, 0.6) is 0 Å². The maximum atomic E-state index is 12.0. The lowest BCUT2D eigenvalue weighted by molar-refractivity contribution is -0.117. The van der Waals surface area contributed by atoms with Gasteiger partial charge in [0.25, 0.3) is 0 Å². The molecule has 6 nitrogen and oxygen atoms in total. The number of benzene rings is 1. The number of nitrogens with zero attached hydrogens (tertiary/aromatic N) is 3. The Kier molecular flexibility index (Phi) is 5.34. The molecule has 3 saturated heterocycles. The van der Waals surface area contributed by atoms with Crippen molar-refractivity contribution in [2.45, 2.75) is 39.2 Å². The van der Waals surface area contributed by atoms with Crippen molar-refractivity contribution in [1.82, 2.24) is 10.2 Å². The monoisotopic (exact) mass is 370 g/mol. The number of amides is 1. The van der Waals surface area contributed by atoms with Crippen molar-refractivity contribution in [2.24, 2.45) is 10.4 Å². The Morgan fingerprint density at radius 2 is 2.26 bits per heavy atom. The van der Waals surface area contributed by atoms with E-state index in [0.29, 0.717) is 18.4 Å². The molecule has 3 fully saturated rings. The predicted octanol–water partition coefficient (Wildman–Crippen LogP) is 2.39. The van der Waals surface area contributed by atoms with E-state index in [9.17, 15) is 4.79 Å². The van der Waals surface area contributed by atoms with Crippen LogP contribution in [-0.2, 0) is 16.1 Å². The molecule has 3 aliphatic heterocycles. The molecule has 0 radical (unpaired) electrons. The second-order valence-electron chi connectivity index (χ2n) is 7.96. The van der Waals surface area contributed by atoms with Crippen molar-refractivity contribution >= 4 is 17.6 Å². The molecule has 1 spiro atoms. The molecule has 3 aliphatic rings. The molecule has 0 aromatic heterocycles. The zero-order chi connectivity index (χ0) is 18.7. The van der Waals surface area contributed by atoms with Gasteiger partial charge < -0.3 is 19.9 Å². The highest BCUT2D eigenvalue weighted by Gasteiger charge is 2.42. The molecular formula is C21H30N4O2. The van der Waals surface area contributed by atoms with Crippen molar-refractivity contribution in [2.75, 3.05) is 44.3 Å². The van der Waals surface area contributed by atoms with Gasteiger partial charge in [-0.1, -0.05) is 12.1 Å². The van der Waals surface area contributed by atoms with Gasteiger partial charge in [0.05, 0.1) is 13.2 Å². The smallest absolute Gasteiger partial charge is 0.227 e. The molecule has 1 aromatic carbocycles. The fourth-order valence-corrected chi connectivity index (χ4v) is 4.42. The van der Waals surface area contributed by atoms with Gasteiger partial charge in [-0.05, 0) is 43.9 Å². The van der Waals surface area contributed by atoms with Crippen LogP contribution in [0.1, 0.15) is 38.2 Å².